The summed E-state index contributed by atoms with van der Waals surface area (Å²) in [5.74, 6) is -0.671. The molecule has 2 heterocycles. The van der Waals surface area contributed by atoms with Crippen LogP contribution in [-0.2, 0) is 20.7 Å². The van der Waals surface area contributed by atoms with Gasteiger partial charge in [0.25, 0.3) is 5.91 Å². The Labute approximate surface area is 151 Å². The van der Waals surface area contributed by atoms with Crippen molar-refractivity contribution >= 4 is 28.2 Å². The monoisotopic (exact) mass is 359 g/mol. The number of rotatable bonds is 5. The molecule has 1 aliphatic heterocycles. The highest BCUT2D eigenvalue weighted by atomic mass is 32.1. The van der Waals surface area contributed by atoms with Crippen molar-refractivity contribution in [2.24, 2.45) is 0 Å². The van der Waals surface area contributed by atoms with Crippen LogP contribution < -0.4 is 5.32 Å². The number of carbonyl (C=O) groups is 2. The molecule has 25 heavy (non-hydrogen) atoms. The predicted octanol–water partition coefficient (Wildman–Crippen LogP) is 3.88. The molecule has 1 aliphatic rings. The van der Waals surface area contributed by atoms with Gasteiger partial charge in [0.05, 0.1) is 7.11 Å². The third-order valence-electron chi connectivity index (χ3n) is 4.31. The summed E-state index contributed by atoms with van der Waals surface area (Å²) in [6.07, 6.45) is 2.09. The number of ether oxygens (including phenoxy) is 2. The van der Waals surface area contributed by atoms with Gasteiger partial charge in [0.2, 0.25) is 0 Å². The van der Waals surface area contributed by atoms with Gasteiger partial charge in [-0.25, -0.2) is 4.79 Å². The van der Waals surface area contributed by atoms with E-state index >= 15 is 0 Å². The molecule has 2 aromatic rings. The molecule has 5 nitrogen and oxygen atoms in total. The van der Waals surface area contributed by atoms with E-state index in [2.05, 4.69) is 12.2 Å². The molecule has 0 aliphatic carbocycles. The van der Waals surface area contributed by atoms with Crippen LogP contribution in [0.2, 0.25) is 0 Å². The molecule has 1 amide bonds. The molecule has 1 fully saturated rings. The number of aryl methyl sites for hydroxylation is 1. The molecule has 0 spiro atoms. The molecule has 1 aromatic heterocycles. The van der Waals surface area contributed by atoms with Gasteiger partial charge >= 0.3 is 5.97 Å². The third kappa shape index (κ3) is 3.75. The van der Waals surface area contributed by atoms with E-state index in [1.807, 2.05) is 29.6 Å². The summed E-state index contributed by atoms with van der Waals surface area (Å²) in [4.78, 5) is 24.6. The summed E-state index contributed by atoms with van der Waals surface area (Å²) in [7, 11) is 1.34. The number of amides is 1. The van der Waals surface area contributed by atoms with Gasteiger partial charge in [-0.2, -0.15) is 0 Å². The molecule has 0 unspecified atom stereocenters. The largest absolute Gasteiger partial charge is 0.465 e. The number of hydrogen-bond acceptors (Lipinski definition) is 5. The van der Waals surface area contributed by atoms with Gasteiger partial charge in [-0.1, -0.05) is 31.2 Å². The summed E-state index contributed by atoms with van der Waals surface area (Å²) >= 11 is 1.32. The zero-order chi connectivity index (χ0) is 17.8. The molecule has 132 valence electrons. The lowest BCUT2D eigenvalue weighted by Gasteiger charge is -2.11. The fraction of sp³-hybridized carbons (Fsp3) is 0.368. The van der Waals surface area contributed by atoms with E-state index in [0.29, 0.717) is 23.6 Å². The summed E-state index contributed by atoms with van der Waals surface area (Å²) in [5.41, 5.74) is 3.31. The normalized spacial score (nSPS) is 16.6. The van der Waals surface area contributed by atoms with E-state index < -0.39 is 12.1 Å². The van der Waals surface area contributed by atoms with Crippen molar-refractivity contribution in [2.45, 2.75) is 32.3 Å². The van der Waals surface area contributed by atoms with Crippen LogP contribution in [0.3, 0.4) is 0 Å². The van der Waals surface area contributed by atoms with Crippen molar-refractivity contribution < 1.29 is 19.1 Å². The number of benzene rings is 1. The number of esters is 1. The van der Waals surface area contributed by atoms with Crippen molar-refractivity contribution in [3.63, 3.8) is 0 Å². The third-order valence-corrected chi connectivity index (χ3v) is 5.21. The Hall–Kier alpha value is -2.18. The van der Waals surface area contributed by atoms with Gasteiger partial charge in [-0.15, -0.1) is 11.3 Å². The topological polar surface area (TPSA) is 64.6 Å². The van der Waals surface area contributed by atoms with Gasteiger partial charge in [0.1, 0.15) is 16.7 Å². The van der Waals surface area contributed by atoms with E-state index in [-0.39, 0.29) is 5.91 Å². The second kappa shape index (κ2) is 7.80. The van der Waals surface area contributed by atoms with Gasteiger partial charge in [0.15, 0.2) is 0 Å². The molecule has 1 N–H and O–H groups in total. The Morgan fingerprint density at radius 2 is 2.08 bits per heavy atom. The first-order valence-electron chi connectivity index (χ1n) is 8.35. The minimum atomic E-state index is -0.460. The second-order valence-corrected chi connectivity index (χ2v) is 6.77. The highest BCUT2D eigenvalue weighted by Gasteiger charge is 2.27. The molecule has 3 rings (SSSR count). The van der Waals surface area contributed by atoms with E-state index in [1.165, 1.54) is 24.0 Å². The molecule has 0 radical (unpaired) electrons. The quantitative estimate of drug-likeness (QED) is 0.823. The zero-order valence-electron chi connectivity index (χ0n) is 14.3. The Balaban J connectivity index is 1.92. The Morgan fingerprint density at radius 3 is 2.68 bits per heavy atom. The van der Waals surface area contributed by atoms with E-state index in [4.69, 9.17) is 9.47 Å². The van der Waals surface area contributed by atoms with Gasteiger partial charge in [-0.3, -0.25) is 4.79 Å². The van der Waals surface area contributed by atoms with Crippen LogP contribution in [0.4, 0.5) is 5.00 Å². The molecule has 6 heteroatoms. The summed E-state index contributed by atoms with van der Waals surface area (Å²) in [6, 6.07) is 8.05. The molecule has 0 bridgehead atoms. The van der Waals surface area contributed by atoms with Gasteiger partial charge in [0, 0.05) is 17.6 Å². The average Bonchev–Trinajstić information content (AvgIpc) is 3.31. The maximum atomic E-state index is 12.3. The number of nitrogens with one attached hydrogen (secondary N) is 1. The summed E-state index contributed by atoms with van der Waals surface area (Å²) in [6.45, 7) is 2.69. The molecule has 1 saturated heterocycles. The Kier molecular flexibility index (Phi) is 5.50. The first-order valence-corrected chi connectivity index (χ1v) is 9.23. The fourth-order valence-electron chi connectivity index (χ4n) is 2.86. The van der Waals surface area contributed by atoms with E-state index in [0.717, 1.165) is 24.0 Å². The standard InChI is InChI=1S/C19H21NO4S/c1-3-12-6-8-13(9-7-12)14-11-25-18(16(14)19(22)23-2)20-17(21)15-5-4-10-24-15/h6-9,11,15H,3-5,10H2,1-2H3,(H,20,21)/t15-/m1/s1. The van der Waals surface area contributed by atoms with Crippen molar-refractivity contribution in [1.29, 1.82) is 0 Å². The fourth-order valence-corrected chi connectivity index (χ4v) is 3.82. The van der Waals surface area contributed by atoms with Gasteiger partial charge in [-0.05, 0) is 30.4 Å². The summed E-state index contributed by atoms with van der Waals surface area (Å²) in [5, 5.41) is 5.21. The zero-order valence-corrected chi connectivity index (χ0v) is 15.2. The van der Waals surface area contributed by atoms with Crippen LogP contribution in [0.15, 0.2) is 29.6 Å². The van der Waals surface area contributed by atoms with Crippen molar-refractivity contribution in [3.8, 4) is 11.1 Å². The van der Waals surface area contributed by atoms with Crippen molar-refractivity contribution in [3.05, 3.63) is 40.8 Å². The minimum Gasteiger partial charge on any atom is -0.465 e. The van der Waals surface area contributed by atoms with Crippen LogP contribution in [0.5, 0.6) is 0 Å². The van der Waals surface area contributed by atoms with Crippen LogP contribution in [0, 0.1) is 0 Å². The maximum Gasteiger partial charge on any atom is 0.341 e. The van der Waals surface area contributed by atoms with Crippen LogP contribution >= 0.6 is 11.3 Å². The molecule has 1 aromatic carbocycles. The lowest BCUT2D eigenvalue weighted by Crippen LogP contribution is -2.27. The molecule has 0 saturated carbocycles. The number of hydrogen-bond donors (Lipinski definition) is 1. The lowest BCUT2D eigenvalue weighted by molar-refractivity contribution is -0.124. The molecular weight excluding hydrogens is 338 g/mol. The molecular formula is C19H21NO4S. The first-order chi connectivity index (χ1) is 12.1. The summed E-state index contributed by atoms with van der Waals surface area (Å²) < 4.78 is 10.3. The minimum absolute atomic E-state index is 0.211. The van der Waals surface area contributed by atoms with E-state index in [9.17, 15) is 9.59 Å². The smallest absolute Gasteiger partial charge is 0.341 e. The van der Waals surface area contributed by atoms with Crippen LogP contribution in [0.1, 0.15) is 35.7 Å². The van der Waals surface area contributed by atoms with Gasteiger partial charge < -0.3 is 14.8 Å². The maximum absolute atomic E-state index is 12.3. The highest BCUT2D eigenvalue weighted by molar-refractivity contribution is 7.15. The SMILES string of the molecule is CCc1ccc(-c2csc(NC(=O)[C@H]3CCCO3)c2C(=O)OC)cc1. The Morgan fingerprint density at radius 1 is 1.32 bits per heavy atom. The number of methoxy groups -OCH3 is 1. The van der Waals surface area contributed by atoms with Crippen LogP contribution in [0.25, 0.3) is 11.1 Å². The Bertz CT molecular complexity index is 760. The van der Waals surface area contributed by atoms with Crippen molar-refractivity contribution in [1.82, 2.24) is 0 Å². The average molecular weight is 359 g/mol. The van der Waals surface area contributed by atoms with Crippen LogP contribution in [-0.4, -0.2) is 31.7 Å². The lowest BCUT2D eigenvalue weighted by atomic mass is 10.0. The number of thiophene rings is 1. The second-order valence-electron chi connectivity index (χ2n) is 5.89. The van der Waals surface area contributed by atoms with E-state index in [1.54, 1.807) is 0 Å². The number of carbonyl (C=O) groups excluding carboxylic acids is 2. The predicted molar refractivity (Wildman–Crippen MR) is 98.1 cm³/mol. The van der Waals surface area contributed by atoms with Crippen molar-refractivity contribution in [2.75, 3.05) is 19.0 Å². The first kappa shape index (κ1) is 17.6. The highest BCUT2D eigenvalue weighted by Crippen LogP contribution is 2.36. The number of anilines is 1. The molecule has 1 atom stereocenters.